The number of halogens is 2. The molecule has 1 aromatic rings. The molecule has 1 aliphatic heterocycles. The Bertz CT molecular complexity index is 666. The van der Waals surface area contributed by atoms with Crippen LogP contribution in [0.3, 0.4) is 0 Å². The summed E-state index contributed by atoms with van der Waals surface area (Å²) in [6.45, 7) is 0. The SMILES string of the molecule is O=CC1C=CC=C2N=C(c3c(F)cccc3F)N=C21. The number of aliphatic imine (C=N–C) groups is 2. The third-order valence-electron chi connectivity index (χ3n) is 2.94. The summed E-state index contributed by atoms with van der Waals surface area (Å²) in [5, 5.41) is 0. The van der Waals surface area contributed by atoms with Gasteiger partial charge in [-0.15, -0.1) is 0 Å². The number of benzene rings is 1. The average Bonchev–Trinajstić information content (AvgIpc) is 2.81. The predicted octanol–water partition coefficient (Wildman–Crippen LogP) is 2.43. The molecule has 0 radical (unpaired) electrons. The van der Waals surface area contributed by atoms with E-state index < -0.39 is 17.6 Å². The molecule has 0 saturated carbocycles. The molecule has 2 aliphatic rings. The molecule has 0 fully saturated rings. The summed E-state index contributed by atoms with van der Waals surface area (Å²) in [6, 6.07) is 3.57. The number of carbonyl (C=O) groups is 1. The van der Waals surface area contributed by atoms with E-state index in [1.807, 2.05) is 0 Å². The van der Waals surface area contributed by atoms with Crippen molar-refractivity contribution in [2.45, 2.75) is 0 Å². The standard InChI is InChI=1S/C14H8F2N2O/c15-9-4-2-5-10(16)12(9)14-17-11-6-1-3-8(7-19)13(11)18-14/h1-8H. The van der Waals surface area contributed by atoms with Crippen LogP contribution < -0.4 is 0 Å². The van der Waals surface area contributed by atoms with E-state index in [2.05, 4.69) is 9.98 Å². The molecule has 0 spiro atoms. The smallest absolute Gasteiger partial charge is 0.166 e. The lowest BCUT2D eigenvalue weighted by Gasteiger charge is -2.08. The van der Waals surface area contributed by atoms with E-state index in [4.69, 9.17) is 0 Å². The fourth-order valence-corrected chi connectivity index (χ4v) is 2.03. The summed E-state index contributed by atoms with van der Waals surface area (Å²) >= 11 is 0. The van der Waals surface area contributed by atoms with E-state index in [1.54, 1.807) is 18.2 Å². The molecule has 0 bridgehead atoms. The van der Waals surface area contributed by atoms with E-state index in [9.17, 15) is 13.6 Å². The van der Waals surface area contributed by atoms with Gasteiger partial charge in [0, 0.05) is 0 Å². The number of hydrogen-bond donors (Lipinski definition) is 0. The van der Waals surface area contributed by atoms with Crippen molar-refractivity contribution in [2.75, 3.05) is 0 Å². The molecule has 1 heterocycles. The zero-order valence-corrected chi connectivity index (χ0v) is 9.68. The van der Waals surface area contributed by atoms with Crippen molar-refractivity contribution in [2.24, 2.45) is 15.9 Å². The zero-order chi connectivity index (χ0) is 13.4. The van der Waals surface area contributed by atoms with Crippen LogP contribution in [0.15, 0.2) is 52.1 Å². The topological polar surface area (TPSA) is 41.8 Å². The number of carbonyl (C=O) groups excluding carboxylic acids is 1. The number of aldehydes is 1. The summed E-state index contributed by atoms with van der Waals surface area (Å²) < 4.78 is 27.3. The van der Waals surface area contributed by atoms with Crippen molar-refractivity contribution in [3.05, 3.63) is 59.3 Å². The fraction of sp³-hybridized carbons (Fsp3) is 0.0714. The number of nitrogens with zero attached hydrogens (tertiary/aromatic N) is 2. The predicted molar refractivity (Wildman–Crippen MR) is 67.1 cm³/mol. The second-order valence-corrected chi connectivity index (χ2v) is 4.13. The van der Waals surface area contributed by atoms with Crippen LogP contribution in [0.4, 0.5) is 8.78 Å². The van der Waals surface area contributed by atoms with Gasteiger partial charge in [0.1, 0.15) is 17.9 Å². The zero-order valence-electron chi connectivity index (χ0n) is 9.68. The Morgan fingerprint density at radius 2 is 1.89 bits per heavy atom. The Labute approximate surface area is 107 Å². The molecule has 94 valence electrons. The fourth-order valence-electron chi connectivity index (χ4n) is 2.03. The maximum atomic E-state index is 13.7. The van der Waals surface area contributed by atoms with Gasteiger partial charge >= 0.3 is 0 Å². The number of rotatable bonds is 2. The maximum Gasteiger partial charge on any atom is 0.166 e. The van der Waals surface area contributed by atoms with Crippen molar-refractivity contribution in [1.82, 2.24) is 0 Å². The summed E-state index contributed by atoms with van der Waals surface area (Å²) in [6.07, 6.45) is 5.71. The highest BCUT2D eigenvalue weighted by Crippen LogP contribution is 2.25. The summed E-state index contributed by atoms with van der Waals surface area (Å²) in [5.74, 6) is -2.00. The monoisotopic (exact) mass is 258 g/mol. The maximum absolute atomic E-state index is 13.7. The molecule has 0 N–H and O–H groups in total. The molecule has 19 heavy (non-hydrogen) atoms. The lowest BCUT2D eigenvalue weighted by Crippen LogP contribution is -2.16. The first kappa shape index (κ1) is 11.6. The third-order valence-corrected chi connectivity index (χ3v) is 2.94. The Morgan fingerprint density at radius 1 is 1.16 bits per heavy atom. The van der Waals surface area contributed by atoms with Gasteiger partial charge in [-0.05, 0) is 18.2 Å². The largest absolute Gasteiger partial charge is 0.302 e. The molecule has 0 aromatic heterocycles. The van der Waals surface area contributed by atoms with Crippen LogP contribution in [0.25, 0.3) is 0 Å². The quantitative estimate of drug-likeness (QED) is 0.751. The highest BCUT2D eigenvalue weighted by molar-refractivity contribution is 6.22. The van der Waals surface area contributed by atoms with E-state index in [1.165, 1.54) is 6.07 Å². The normalized spacial score (nSPS) is 20.5. The van der Waals surface area contributed by atoms with Crippen LogP contribution in [0.5, 0.6) is 0 Å². The van der Waals surface area contributed by atoms with Crippen molar-refractivity contribution >= 4 is 17.8 Å². The molecule has 3 rings (SSSR count). The van der Waals surface area contributed by atoms with Gasteiger partial charge in [-0.3, -0.25) is 0 Å². The van der Waals surface area contributed by atoms with Crippen molar-refractivity contribution in [3.8, 4) is 0 Å². The molecule has 1 atom stereocenters. The molecule has 5 heteroatoms. The first-order valence-corrected chi connectivity index (χ1v) is 5.66. The van der Waals surface area contributed by atoms with Gasteiger partial charge in [0.2, 0.25) is 0 Å². The minimum absolute atomic E-state index is 0.0348. The molecule has 3 nitrogen and oxygen atoms in total. The lowest BCUT2D eigenvalue weighted by atomic mass is 9.98. The van der Waals surface area contributed by atoms with E-state index >= 15 is 0 Å². The minimum Gasteiger partial charge on any atom is -0.302 e. The second-order valence-electron chi connectivity index (χ2n) is 4.13. The first-order chi connectivity index (χ1) is 9.20. The molecule has 1 aliphatic carbocycles. The average molecular weight is 258 g/mol. The number of fused-ring (bicyclic) bond motifs is 1. The van der Waals surface area contributed by atoms with Gasteiger partial charge in [0.15, 0.2) is 5.84 Å². The van der Waals surface area contributed by atoms with Gasteiger partial charge in [-0.25, -0.2) is 18.8 Å². The number of allylic oxidation sites excluding steroid dienone is 4. The van der Waals surface area contributed by atoms with Crippen LogP contribution in [-0.4, -0.2) is 17.8 Å². The Kier molecular flexibility index (Phi) is 2.67. The summed E-state index contributed by atoms with van der Waals surface area (Å²) in [4.78, 5) is 19.1. The number of hydrogen-bond acceptors (Lipinski definition) is 3. The van der Waals surface area contributed by atoms with E-state index in [-0.39, 0.29) is 11.4 Å². The summed E-state index contributed by atoms with van der Waals surface area (Å²) in [5.41, 5.74) is 0.627. The molecule has 0 saturated heterocycles. The van der Waals surface area contributed by atoms with E-state index in [0.717, 1.165) is 18.4 Å². The van der Waals surface area contributed by atoms with Gasteiger partial charge in [-0.2, -0.15) is 0 Å². The van der Waals surface area contributed by atoms with Gasteiger partial charge in [0.25, 0.3) is 0 Å². The second kappa shape index (κ2) is 4.35. The van der Waals surface area contributed by atoms with Crippen LogP contribution in [0, 0.1) is 17.6 Å². The Hall–Kier alpha value is -2.43. The van der Waals surface area contributed by atoms with Gasteiger partial charge < -0.3 is 4.79 Å². The molecular weight excluding hydrogens is 250 g/mol. The molecule has 1 unspecified atom stereocenters. The Morgan fingerprint density at radius 3 is 2.58 bits per heavy atom. The highest BCUT2D eigenvalue weighted by Gasteiger charge is 2.27. The van der Waals surface area contributed by atoms with Crippen molar-refractivity contribution in [3.63, 3.8) is 0 Å². The first-order valence-electron chi connectivity index (χ1n) is 5.66. The Balaban J connectivity index is 2.11. The van der Waals surface area contributed by atoms with Crippen LogP contribution in [-0.2, 0) is 4.79 Å². The van der Waals surface area contributed by atoms with Gasteiger partial charge in [-0.1, -0.05) is 18.2 Å². The highest BCUT2D eigenvalue weighted by atomic mass is 19.1. The lowest BCUT2D eigenvalue weighted by molar-refractivity contribution is -0.108. The van der Waals surface area contributed by atoms with Gasteiger partial charge in [0.05, 0.1) is 22.9 Å². The van der Waals surface area contributed by atoms with Crippen molar-refractivity contribution in [1.29, 1.82) is 0 Å². The number of amidine groups is 1. The summed E-state index contributed by atoms with van der Waals surface area (Å²) in [7, 11) is 0. The molecule has 1 aromatic carbocycles. The third kappa shape index (κ3) is 1.83. The van der Waals surface area contributed by atoms with Crippen molar-refractivity contribution < 1.29 is 13.6 Å². The molecular formula is C14H8F2N2O. The molecule has 0 amide bonds. The minimum atomic E-state index is -0.724. The van der Waals surface area contributed by atoms with Crippen LogP contribution in [0.1, 0.15) is 5.56 Å². The van der Waals surface area contributed by atoms with Crippen LogP contribution in [0.2, 0.25) is 0 Å². The van der Waals surface area contributed by atoms with Crippen LogP contribution >= 0.6 is 0 Å². The van der Waals surface area contributed by atoms with E-state index in [0.29, 0.717) is 11.4 Å².